The molecule has 1 aromatic carbocycles. The third-order valence-corrected chi connectivity index (χ3v) is 7.28. The van der Waals surface area contributed by atoms with Crippen LogP contribution >= 0.6 is 11.3 Å². The zero-order chi connectivity index (χ0) is 26.4. The first-order valence-electron chi connectivity index (χ1n) is 12.4. The Hall–Kier alpha value is -2.91. The van der Waals surface area contributed by atoms with E-state index in [2.05, 4.69) is 11.9 Å². The number of Topliss-reactive ketones (excluding diaryl/α,β-unsaturated/α-hetero) is 1. The number of rotatable bonds is 13. The lowest BCUT2D eigenvalue weighted by Gasteiger charge is -2.28. The van der Waals surface area contributed by atoms with Gasteiger partial charge in [0.15, 0.2) is 17.3 Å². The summed E-state index contributed by atoms with van der Waals surface area (Å²) in [6.07, 6.45) is 4.39. The molecule has 8 nitrogen and oxygen atoms in total. The van der Waals surface area contributed by atoms with Crippen LogP contribution in [0.15, 0.2) is 29.5 Å². The number of aliphatic hydroxyl groups excluding tert-OH is 1. The van der Waals surface area contributed by atoms with Gasteiger partial charge in [-0.15, -0.1) is 11.3 Å². The Morgan fingerprint density at radius 1 is 1.19 bits per heavy atom. The smallest absolute Gasteiger partial charge is 0.290 e. The lowest BCUT2D eigenvalue weighted by atomic mass is 9.94. The van der Waals surface area contributed by atoms with Gasteiger partial charge in [0, 0.05) is 13.1 Å². The number of carbonyl (C=O) groups is 2. The number of ether oxygens (including phenoxy) is 2. The Morgan fingerprint density at radius 2 is 1.94 bits per heavy atom. The van der Waals surface area contributed by atoms with E-state index < -0.39 is 17.7 Å². The molecule has 1 aliphatic rings. The molecule has 1 N–H and O–H groups in total. The third kappa shape index (κ3) is 6.07. The van der Waals surface area contributed by atoms with Crippen LogP contribution in [0.4, 0.5) is 0 Å². The van der Waals surface area contributed by atoms with Gasteiger partial charge in [0.1, 0.15) is 0 Å². The average Bonchev–Trinajstić information content (AvgIpc) is 3.32. The van der Waals surface area contributed by atoms with Gasteiger partial charge in [-0.25, -0.2) is 4.98 Å². The van der Waals surface area contributed by atoms with Crippen molar-refractivity contribution >= 4 is 23.0 Å². The molecule has 9 heteroatoms. The molecule has 3 rings (SSSR count). The number of hydrogen-bond acceptors (Lipinski definition) is 8. The van der Waals surface area contributed by atoms with Crippen LogP contribution in [-0.4, -0.2) is 72.5 Å². The highest BCUT2D eigenvalue weighted by Crippen LogP contribution is 2.42. The first kappa shape index (κ1) is 27.7. The summed E-state index contributed by atoms with van der Waals surface area (Å²) in [5.41, 5.74) is 1.33. The van der Waals surface area contributed by atoms with Crippen LogP contribution in [0.25, 0.3) is 0 Å². The van der Waals surface area contributed by atoms with Crippen molar-refractivity contribution < 1.29 is 24.2 Å². The summed E-state index contributed by atoms with van der Waals surface area (Å²) in [6, 6.07) is 4.68. The topological polar surface area (TPSA) is 92.2 Å². The molecule has 0 fully saturated rings. The van der Waals surface area contributed by atoms with Crippen molar-refractivity contribution in [2.45, 2.75) is 52.5 Å². The fourth-order valence-electron chi connectivity index (χ4n) is 4.32. The minimum atomic E-state index is -0.751. The van der Waals surface area contributed by atoms with Crippen LogP contribution in [-0.2, 0) is 4.79 Å². The van der Waals surface area contributed by atoms with Gasteiger partial charge in [-0.3, -0.25) is 9.59 Å². The molecular weight excluding hydrogens is 478 g/mol. The molecule has 0 saturated carbocycles. The molecule has 0 radical (unpaired) electrons. The monoisotopic (exact) mass is 515 g/mol. The summed E-state index contributed by atoms with van der Waals surface area (Å²) in [4.78, 5) is 35.1. The summed E-state index contributed by atoms with van der Waals surface area (Å²) in [5.74, 6) is -0.317. The summed E-state index contributed by atoms with van der Waals surface area (Å²) in [5, 5.41) is 11.7. The number of hydrogen-bond donors (Lipinski definition) is 1. The molecule has 196 valence electrons. The van der Waals surface area contributed by atoms with Crippen LogP contribution in [0.3, 0.4) is 0 Å². The van der Waals surface area contributed by atoms with Crippen molar-refractivity contribution in [3.05, 3.63) is 50.7 Å². The predicted octanol–water partition coefficient (Wildman–Crippen LogP) is 4.87. The van der Waals surface area contributed by atoms with E-state index in [0.29, 0.717) is 47.3 Å². The van der Waals surface area contributed by atoms with Crippen molar-refractivity contribution in [2.75, 3.05) is 40.9 Å². The second-order valence-corrected chi connectivity index (χ2v) is 10.5. The summed E-state index contributed by atoms with van der Waals surface area (Å²) in [6.45, 7) is 7.26. The van der Waals surface area contributed by atoms with Crippen molar-refractivity contribution in [1.29, 1.82) is 0 Å². The number of nitrogens with zero attached hydrogens (tertiary/aromatic N) is 3. The first-order valence-corrected chi connectivity index (χ1v) is 13.2. The fourth-order valence-corrected chi connectivity index (χ4v) is 5.19. The Balaban J connectivity index is 1.99. The van der Waals surface area contributed by atoms with Gasteiger partial charge in [0.05, 0.1) is 40.9 Å². The van der Waals surface area contributed by atoms with E-state index in [4.69, 9.17) is 9.47 Å². The highest BCUT2D eigenvalue weighted by molar-refractivity contribution is 7.14. The van der Waals surface area contributed by atoms with Gasteiger partial charge in [-0.2, -0.15) is 0 Å². The minimum absolute atomic E-state index is 0.0702. The minimum Gasteiger partial charge on any atom is -0.503 e. The molecule has 0 bridgehead atoms. The maximum Gasteiger partial charge on any atom is 0.290 e. The summed E-state index contributed by atoms with van der Waals surface area (Å²) < 4.78 is 11.6. The molecule has 0 saturated heterocycles. The molecule has 36 heavy (non-hydrogen) atoms. The molecule has 1 aromatic heterocycles. The predicted molar refractivity (Wildman–Crippen MR) is 141 cm³/mol. The summed E-state index contributed by atoms with van der Waals surface area (Å²) >= 11 is 1.27. The van der Waals surface area contributed by atoms with Crippen LogP contribution < -0.4 is 9.47 Å². The van der Waals surface area contributed by atoms with E-state index in [1.165, 1.54) is 17.8 Å². The lowest BCUT2D eigenvalue weighted by molar-refractivity contribution is -0.129. The molecule has 2 heterocycles. The third-order valence-electron chi connectivity index (χ3n) is 6.21. The standard InChI is InChI=1S/C27H37N3O5S/c1-7-8-9-10-15-35-20-12-11-19(16-21(20)34-6)23-22(24(31)26-17(2)28-18(3)36-26)25(32)27(33)30(23)14-13-29(4)5/h11-12,16,23,32H,7-10,13-15H2,1-6H3. The second-order valence-electron chi connectivity index (χ2n) is 9.26. The Morgan fingerprint density at radius 3 is 2.56 bits per heavy atom. The molecule has 1 atom stereocenters. The number of thiazole rings is 1. The van der Waals surface area contributed by atoms with E-state index in [1.807, 2.05) is 38.1 Å². The van der Waals surface area contributed by atoms with Gasteiger partial charge in [-0.05, 0) is 52.1 Å². The molecule has 1 amide bonds. The summed E-state index contributed by atoms with van der Waals surface area (Å²) in [7, 11) is 5.39. The van der Waals surface area contributed by atoms with Crippen LogP contribution in [0.2, 0.25) is 0 Å². The van der Waals surface area contributed by atoms with E-state index in [9.17, 15) is 14.7 Å². The number of unbranched alkanes of at least 4 members (excludes halogenated alkanes) is 3. The molecule has 0 aliphatic carbocycles. The number of ketones is 1. The van der Waals surface area contributed by atoms with Crippen molar-refractivity contribution in [1.82, 2.24) is 14.8 Å². The van der Waals surface area contributed by atoms with Crippen LogP contribution in [0.5, 0.6) is 11.5 Å². The maximum absolute atomic E-state index is 13.7. The van der Waals surface area contributed by atoms with Crippen molar-refractivity contribution in [2.24, 2.45) is 0 Å². The molecular formula is C27H37N3O5S. The Kier molecular flexibility index (Phi) is 9.50. The first-order chi connectivity index (χ1) is 17.2. The number of carbonyl (C=O) groups excluding carboxylic acids is 2. The van der Waals surface area contributed by atoms with E-state index in [0.717, 1.165) is 24.3 Å². The van der Waals surface area contributed by atoms with Gasteiger partial charge in [-0.1, -0.05) is 32.3 Å². The molecule has 1 unspecified atom stereocenters. The van der Waals surface area contributed by atoms with E-state index in [-0.39, 0.29) is 11.4 Å². The zero-order valence-electron chi connectivity index (χ0n) is 22.1. The van der Waals surface area contributed by atoms with Crippen LogP contribution in [0.1, 0.15) is 64.6 Å². The highest BCUT2D eigenvalue weighted by atomic mass is 32.1. The lowest BCUT2D eigenvalue weighted by Crippen LogP contribution is -2.36. The number of aryl methyl sites for hydroxylation is 2. The van der Waals surface area contributed by atoms with E-state index in [1.54, 1.807) is 25.0 Å². The Bertz CT molecular complexity index is 1120. The quantitative estimate of drug-likeness (QED) is 0.301. The number of aromatic nitrogens is 1. The van der Waals surface area contributed by atoms with Gasteiger partial charge in [0.2, 0.25) is 5.78 Å². The van der Waals surface area contributed by atoms with Gasteiger partial charge in [0.25, 0.3) is 5.91 Å². The number of amides is 1. The normalized spacial score (nSPS) is 15.8. The Labute approximate surface area is 217 Å². The van der Waals surface area contributed by atoms with E-state index >= 15 is 0 Å². The average molecular weight is 516 g/mol. The number of aliphatic hydroxyl groups is 1. The van der Waals surface area contributed by atoms with Crippen LogP contribution in [0, 0.1) is 13.8 Å². The highest BCUT2D eigenvalue weighted by Gasteiger charge is 2.44. The molecule has 2 aromatic rings. The molecule has 1 aliphatic heterocycles. The second kappa shape index (κ2) is 12.4. The maximum atomic E-state index is 13.7. The van der Waals surface area contributed by atoms with Gasteiger partial charge < -0.3 is 24.4 Å². The zero-order valence-corrected chi connectivity index (χ0v) is 22.9. The van der Waals surface area contributed by atoms with Gasteiger partial charge >= 0.3 is 0 Å². The fraction of sp³-hybridized carbons (Fsp3) is 0.519. The number of benzene rings is 1. The largest absolute Gasteiger partial charge is 0.503 e. The number of methoxy groups -OCH3 is 1. The number of likely N-dealkylation sites (N-methyl/N-ethyl adjacent to an activating group) is 1. The SMILES string of the molecule is CCCCCCOc1ccc(C2C(C(=O)c3sc(C)nc3C)=C(O)C(=O)N2CCN(C)C)cc1OC. The molecule has 0 spiro atoms. The van der Waals surface area contributed by atoms with Crippen molar-refractivity contribution in [3.8, 4) is 11.5 Å². The van der Waals surface area contributed by atoms with Crippen molar-refractivity contribution in [3.63, 3.8) is 0 Å².